The van der Waals surface area contributed by atoms with E-state index in [2.05, 4.69) is 207 Å². The van der Waals surface area contributed by atoms with E-state index in [0.29, 0.717) is 6.54 Å². The topological polar surface area (TPSA) is 38.4 Å². The molecular formula is C65H50N2. The Morgan fingerprint density at radius 2 is 0.851 bits per heavy atom. The number of aryl methyl sites for hydroxylation is 1. The van der Waals surface area contributed by atoms with Crippen molar-refractivity contribution in [2.45, 2.75) is 25.4 Å². The summed E-state index contributed by atoms with van der Waals surface area (Å²) in [7, 11) is 0. The fourth-order valence-electron chi connectivity index (χ4n) is 10.8. The summed E-state index contributed by atoms with van der Waals surface area (Å²) in [6.07, 6.45) is 0. The van der Waals surface area contributed by atoms with Gasteiger partial charge >= 0.3 is 0 Å². The molecule has 2 nitrogen and oxygen atoms in total. The second-order valence-electron chi connectivity index (χ2n) is 17.6. The van der Waals surface area contributed by atoms with Crippen molar-refractivity contribution in [3.05, 3.63) is 276 Å². The molecule has 0 fully saturated rings. The molecule has 0 aromatic heterocycles. The minimum Gasteiger partial charge on any atom is -0.326 e. The normalized spacial score (nSPS) is 12.3. The molecule has 0 saturated heterocycles. The molecule has 1 spiro atoms. The number of hydrogen-bond donors (Lipinski definition) is 1. The number of aliphatic imine (C=N–C) groups is 1. The Morgan fingerprint density at radius 1 is 0.373 bits per heavy atom. The van der Waals surface area contributed by atoms with Crippen LogP contribution >= 0.6 is 0 Å². The SMILES string of the molecule is C=NCc1ccccc1.Cc1ccccc1.NCc1cccc(-c2ccc3c(c2)c2ccccc2c2cccc(-c4ccc5c(c4)C4(c6ccccc6-c6ccccc64)c4ccccc4-5)c23)c1. The molecule has 11 aromatic rings. The summed E-state index contributed by atoms with van der Waals surface area (Å²) in [4.78, 5) is 3.76. The molecule has 2 aliphatic carbocycles. The lowest BCUT2D eigenvalue weighted by Crippen LogP contribution is -2.25. The van der Waals surface area contributed by atoms with Crippen LogP contribution in [0.25, 0.3) is 76.8 Å². The first-order chi connectivity index (χ1) is 33.1. The average Bonchev–Trinajstić information content (AvgIpc) is 3.86. The third-order valence-corrected chi connectivity index (χ3v) is 13.7. The average molecular weight is 859 g/mol. The van der Waals surface area contributed by atoms with Crippen molar-refractivity contribution in [2.24, 2.45) is 10.7 Å². The molecule has 0 atom stereocenters. The van der Waals surface area contributed by atoms with E-state index < -0.39 is 0 Å². The van der Waals surface area contributed by atoms with Crippen LogP contribution in [0.1, 0.15) is 38.9 Å². The van der Waals surface area contributed by atoms with E-state index in [1.54, 1.807) is 0 Å². The lowest BCUT2D eigenvalue weighted by atomic mass is 9.70. The van der Waals surface area contributed by atoms with Crippen molar-refractivity contribution < 1.29 is 0 Å². The maximum Gasteiger partial charge on any atom is 0.0725 e. The molecule has 320 valence electrons. The predicted molar refractivity (Wildman–Crippen MR) is 285 cm³/mol. The van der Waals surface area contributed by atoms with Gasteiger partial charge in [0.15, 0.2) is 0 Å². The van der Waals surface area contributed by atoms with Crippen LogP contribution in [0, 0.1) is 6.92 Å². The maximum atomic E-state index is 6.04. The summed E-state index contributed by atoms with van der Waals surface area (Å²) in [5.74, 6) is 0. The molecule has 0 heterocycles. The number of rotatable bonds is 5. The molecule has 0 aliphatic heterocycles. The second-order valence-corrected chi connectivity index (χ2v) is 17.6. The van der Waals surface area contributed by atoms with Crippen LogP contribution in [-0.4, -0.2) is 6.72 Å². The lowest BCUT2D eigenvalue weighted by Gasteiger charge is -2.30. The number of hydrogen-bond acceptors (Lipinski definition) is 2. The van der Waals surface area contributed by atoms with Crippen molar-refractivity contribution in [2.75, 3.05) is 0 Å². The molecule has 2 aliphatic rings. The van der Waals surface area contributed by atoms with Crippen molar-refractivity contribution in [1.82, 2.24) is 0 Å². The van der Waals surface area contributed by atoms with Gasteiger partial charge in [-0.15, -0.1) is 0 Å². The molecule has 2 N–H and O–H groups in total. The third-order valence-electron chi connectivity index (χ3n) is 13.7. The molecule has 67 heavy (non-hydrogen) atoms. The highest BCUT2D eigenvalue weighted by atomic mass is 14.7. The van der Waals surface area contributed by atoms with Crippen LogP contribution in [0.2, 0.25) is 0 Å². The molecule has 0 saturated carbocycles. The van der Waals surface area contributed by atoms with Gasteiger partial charge in [-0.25, -0.2) is 0 Å². The fraction of sp³-hybridized carbons (Fsp3) is 0.0615. The van der Waals surface area contributed by atoms with Crippen LogP contribution in [0.3, 0.4) is 0 Å². The van der Waals surface area contributed by atoms with Gasteiger partial charge in [-0.1, -0.05) is 224 Å². The molecular weight excluding hydrogens is 809 g/mol. The van der Waals surface area contributed by atoms with Crippen molar-refractivity contribution in [1.29, 1.82) is 0 Å². The van der Waals surface area contributed by atoms with Gasteiger partial charge < -0.3 is 5.73 Å². The Labute approximate surface area is 393 Å². The van der Waals surface area contributed by atoms with Gasteiger partial charge in [0.1, 0.15) is 0 Å². The van der Waals surface area contributed by atoms with Crippen molar-refractivity contribution in [3.63, 3.8) is 0 Å². The minimum atomic E-state index is -0.374. The van der Waals surface area contributed by atoms with Crippen molar-refractivity contribution >= 4 is 39.0 Å². The molecule has 0 radical (unpaired) electrons. The zero-order chi connectivity index (χ0) is 45.3. The zero-order valence-electron chi connectivity index (χ0n) is 37.7. The highest BCUT2D eigenvalue weighted by Crippen LogP contribution is 2.63. The minimum absolute atomic E-state index is 0.374. The van der Waals surface area contributed by atoms with Crippen LogP contribution in [-0.2, 0) is 18.5 Å². The Morgan fingerprint density at radius 3 is 1.46 bits per heavy atom. The summed E-state index contributed by atoms with van der Waals surface area (Å²) in [5.41, 5.74) is 25.0. The van der Waals surface area contributed by atoms with E-state index in [9.17, 15) is 0 Å². The monoisotopic (exact) mass is 858 g/mol. The number of nitrogens with zero attached hydrogens (tertiary/aromatic N) is 1. The molecule has 0 amide bonds. The third kappa shape index (κ3) is 7.15. The summed E-state index contributed by atoms with van der Waals surface area (Å²) in [5, 5.41) is 7.67. The highest BCUT2D eigenvalue weighted by Gasteiger charge is 2.51. The second kappa shape index (κ2) is 17.7. The van der Waals surface area contributed by atoms with Gasteiger partial charge in [0, 0.05) is 6.54 Å². The van der Waals surface area contributed by atoms with E-state index in [-0.39, 0.29) is 5.41 Å². The molecule has 2 heteroatoms. The number of benzene rings is 11. The van der Waals surface area contributed by atoms with Crippen LogP contribution in [0.15, 0.2) is 242 Å². The van der Waals surface area contributed by atoms with E-state index in [0.717, 1.165) is 12.1 Å². The van der Waals surface area contributed by atoms with Gasteiger partial charge in [0.2, 0.25) is 0 Å². The van der Waals surface area contributed by atoms with Gasteiger partial charge in [-0.2, -0.15) is 0 Å². The van der Waals surface area contributed by atoms with Crippen LogP contribution in [0.4, 0.5) is 0 Å². The largest absolute Gasteiger partial charge is 0.326 e. The highest BCUT2D eigenvalue weighted by molar-refractivity contribution is 6.29. The number of fused-ring (bicyclic) bond motifs is 16. The Balaban J connectivity index is 0.000000262. The molecule has 13 rings (SSSR count). The Hall–Kier alpha value is -8.17. The first-order valence-electron chi connectivity index (χ1n) is 23.2. The summed E-state index contributed by atoms with van der Waals surface area (Å²) < 4.78 is 0. The van der Waals surface area contributed by atoms with Crippen molar-refractivity contribution in [3.8, 4) is 44.5 Å². The molecule has 0 bridgehead atoms. The maximum absolute atomic E-state index is 6.04. The summed E-state index contributed by atoms with van der Waals surface area (Å²) in [6.45, 7) is 6.74. The van der Waals surface area contributed by atoms with Crippen LogP contribution in [0.5, 0.6) is 0 Å². The smallest absolute Gasteiger partial charge is 0.0725 e. The number of nitrogens with two attached hydrogens (primary N) is 1. The Bertz CT molecular complexity index is 3560. The van der Waals surface area contributed by atoms with E-state index in [4.69, 9.17) is 5.73 Å². The van der Waals surface area contributed by atoms with E-state index in [1.807, 2.05) is 48.5 Å². The first-order valence-corrected chi connectivity index (χ1v) is 23.2. The van der Waals surface area contributed by atoms with Gasteiger partial charge in [-0.3, -0.25) is 4.99 Å². The fourth-order valence-corrected chi connectivity index (χ4v) is 10.8. The van der Waals surface area contributed by atoms with Gasteiger partial charge in [-0.05, 0) is 142 Å². The zero-order valence-corrected chi connectivity index (χ0v) is 37.7. The first kappa shape index (κ1) is 41.5. The predicted octanol–water partition coefficient (Wildman–Crippen LogP) is 16.2. The molecule has 11 aromatic carbocycles. The Kier molecular flexibility index (Phi) is 10.9. The van der Waals surface area contributed by atoms with E-state index >= 15 is 0 Å². The lowest BCUT2D eigenvalue weighted by molar-refractivity contribution is 0.794. The summed E-state index contributed by atoms with van der Waals surface area (Å²) >= 11 is 0. The molecule has 0 unspecified atom stereocenters. The standard InChI is InChI=1S/C50H33N.C8H9N.C7H8/c51-30-31-11-9-12-32(27-31)33-23-26-43-44(28-33)37-14-2-1-13-36(37)42-19-10-18-35(49(42)43)34-24-25-41-40-17-5-8-22-47(40)50(48(41)29-34)45-20-6-3-15-38(45)39-16-4-7-21-46(39)50;1-9-7-8-5-3-2-4-6-8;1-7-5-3-2-4-6-7/h1-29H,30,51H2;2-6H,1,7H2;2-6H,1H3. The van der Waals surface area contributed by atoms with Crippen LogP contribution < -0.4 is 5.73 Å². The van der Waals surface area contributed by atoms with Gasteiger partial charge in [0.25, 0.3) is 0 Å². The van der Waals surface area contributed by atoms with Gasteiger partial charge in [0.05, 0.1) is 12.0 Å². The summed E-state index contributed by atoms with van der Waals surface area (Å²) in [6, 6.07) is 86.1. The quantitative estimate of drug-likeness (QED) is 0.136. The van der Waals surface area contributed by atoms with E-state index in [1.165, 1.54) is 110 Å².